The Morgan fingerprint density at radius 2 is 2.00 bits per heavy atom. The van der Waals surface area contributed by atoms with Crippen LogP contribution in [0.5, 0.6) is 0 Å². The number of hydrogen-bond acceptors (Lipinski definition) is 3. The number of rotatable bonds is 3. The van der Waals surface area contributed by atoms with E-state index in [2.05, 4.69) is 4.98 Å². The van der Waals surface area contributed by atoms with Gasteiger partial charge in [0.05, 0.1) is 5.56 Å². The number of carboxylic acids is 1. The van der Waals surface area contributed by atoms with Gasteiger partial charge in [0.1, 0.15) is 0 Å². The van der Waals surface area contributed by atoms with Crippen LogP contribution in [0.3, 0.4) is 0 Å². The number of amides is 1. The Kier molecular flexibility index (Phi) is 3.59. The molecule has 5 nitrogen and oxygen atoms in total. The van der Waals surface area contributed by atoms with E-state index in [4.69, 9.17) is 5.11 Å². The van der Waals surface area contributed by atoms with Gasteiger partial charge in [-0.3, -0.25) is 9.78 Å². The van der Waals surface area contributed by atoms with E-state index in [0.717, 1.165) is 6.20 Å². The molecule has 0 bridgehead atoms. The van der Waals surface area contributed by atoms with Gasteiger partial charge in [-0.15, -0.1) is 0 Å². The predicted molar refractivity (Wildman–Crippen MR) is 53.8 cm³/mol. The van der Waals surface area contributed by atoms with Crippen molar-refractivity contribution in [2.75, 3.05) is 0 Å². The van der Waals surface area contributed by atoms with Crippen LogP contribution in [0.2, 0.25) is 0 Å². The van der Waals surface area contributed by atoms with Crippen molar-refractivity contribution in [3.63, 3.8) is 0 Å². The minimum atomic E-state index is -5.11. The van der Waals surface area contributed by atoms with Crippen molar-refractivity contribution in [2.45, 2.75) is 18.6 Å². The topological polar surface area (TPSA) is 79.3 Å². The monoisotopic (exact) mass is 262 g/mol. The molecule has 0 saturated heterocycles. The van der Waals surface area contributed by atoms with E-state index in [1.807, 2.05) is 0 Å². The SMILES string of the molecule is CC(NC(=O)c1cccnc1)(C(=O)O)C(F)(F)F. The molecule has 0 spiro atoms. The summed E-state index contributed by atoms with van der Waals surface area (Å²) >= 11 is 0. The molecular weight excluding hydrogens is 253 g/mol. The van der Waals surface area contributed by atoms with Crippen molar-refractivity contribution in [1.82, 2.24) is 10.3 Å². The first-order valence-electron chi connectivity index (χ1n) is 4.71. The van der Waals surface area contributed by atoms with Gasteiger partial charge < -0.3 is 10.4 Å². The van der Waals surface area contributed by atoms with Gasteiger partial charge in [0.25, 0.3) is 5.91 Å². The molecule has 0 radical (unpaired) electrons. The van der Waals surface area contributed by atoms with E-state index in [-0.39, 0.29) is 5.56 Å². The number of halogens is 3. The summed E-state index contributed by atoms with van der Waals surface area (Å²) in [6.45, 7) is 0.379. The van der Waals surface area contributed by atoms with E-state index in [0.29, 0.717) is 6.92 Å². The maximum Gasteiger partial charge on any atom is 0.422 e. The van der Waals surface area contributed by atoms with Crippen molar-refractivity contribution in [2.24, 2.45) is 0 Å². The van der Waals surface area contributed by atoms with Crippen molar-refractivity contribution in [3.8, 4) is 0 Å². The van der Waals surface area contributed by atoms with Gasteiger partial charge in [-0.1, -0.05) is 0 Å². The third-order valence-corrected chi connectivity index (χ3v) is 2.28. The molecule has 0 aromatic carbocycles. The highest BCUT2D eigenvalue weighted by Crippen LogP contribution is 2.30. The lowest BCUT2D eigenvalue weighted by Gasteiger charge is -2.28. The van der Waals surface area contributed by atoms with Crippen LogP contribution in [0.25, 0.3) is 0 Å². The highest BCUT2D eigenvalue weighted by Gasteiger charge is 2.58. The van der Waals surface area contributed by atoms with Gasteiger partial charge >= 0.3 is 12.1 Å². The Hall–Kier alpha value is -2.12. The first kappa shape index (κ1) is 13.9. The second kappa shape index (κ2) is 4.63. The highest BCUT2D eigenvalue weighted by molar-refractivity contribution is 5.97. The quantitative estimate of drug-likeness (QED) is 0.858. The molecule has 1 rings (SSSR count). The number of nitrogens with one attached hydrogen (secondary N) is 1. The molecular formula is C10H9F3N2O3. The molecule has 0 saturated carbocycles. The largest absolute Gasteiger partial charge is 0.479 e. The van der Waals surface area contributed by atoms with Crippen molar-refractivity contribution >= 4 is 11.9 Å². The van der Waals surface area contributed by atoms with Crippen LogP contribution in [0.4, 0.5) is 13.2 Å². The molecule has 18 heavy (non-hydrogen) atoms. The average Bonchev–Trinajstić information content (AvgIpc) is 2.28. The fourth-order valence-electron chi connectivity index (χ4n) is 1.04. The van der Waals surface area contributed by atoms with Crippen LogP contribution < -0.4 is 5.32 Å². The number of carboxylic acid groups (broad SMARTS) is 1. The summed E-state index contributed by atoms with van der Waals surface area (Å²) in [7, 11) is 0. The van der Waals surface area contributed by atoms with Crippen LogP contribution in [-0.4, -0.2) is 33.7 Å². The first-order valence-corrected chi connectivity index (χ1v) is 4.71. The Morgan fingerprint density at radius 3 is 2.39 bits per heavy atom. The summed E-state index contributed by atoms with van der Waals surface area (Å²) in [5.41, 5.74) is -3.51. The summed E-state index contributed by atoms with van der Waals surface area (Å²) < 4.78 is 37.9. The van der Waals surface area contributed by atoms with Gasteiger partial charge in [0, 0.05) is 12.4 Å². The minimum absolute atomic E-state index is 0.158. The smallest absolute Gasteiger partial charge is 0.422 e. The summed E-state index contributed by atoms with van der Waals surface area (Å²) in [5, 5.41) is 10.1. The molecule has 1 aromatic heterocycles. The molecule has 0 aliphatic heterocycles. The Labute approximate surface area is 99.6 Å². The third-order valence-electron chi connectivity index (χ3n) is 2.28. The Morgan fingerprint density at radius 1 is 1.39 bits per heavy atom. The van der Waals surface area contributed by atoms with Crippen molar-refractivity contribution in [3.05, 3.63) is 30.1 Å². The van der Waals surface area contributed by atoms with E-state index in [9.17, 15) is 22.8 Å². The number of alkyl halides is 3. The van der Waals surface area contributed by atoms with Gasteiger partial charge in [0.2, 0.25) is 5.54 Å². The second-order valence-electron chi connectivity index (χ2n) is 3.62. The van der Waals surface area contributed by atoms with Crippen LogP contribution in [0.15, 0.2) is 24.5 Å². The standard InChI is InChI=1S/C10H9F3N2O3/c1-9(8(17)18,10(11,12)13)15-7(16)6-3-2-4-14-5-6/h2-5H,1H3,(H,15,16)(H,17,18). The van der Waals surface area contributed by atoms with Gasteiger partial charge in [0.15, 0.2) is 0 Å². The minimum Gasteiger partial charge on any atom is -0.479 e. The van der Waals surface area contributed by atoms with Crippen LogP contribution in [-0.2, 0) is 4.79 Å². The van der Waals surface area contributed by atoms with E-state index in [1.54, 1.807) is 0 Å². The van der Waals surface area contributed by atoms with E-state index in [1.165, 1.54) is 23.6 Å². The number of pyridine rings is 1. The van der Waals surface area contributed by atoms with Gasteiger partial charge in [-0.05, 0) is 19.1 Å². The van der Waals surface area contributed by atoms with Crippen LogP contribution in [0.1, 0.15) is 17.3 Å². The zero-order valence-corrected chi connectivity index (χ0v) is 9.15. The molecule has 2 N–H and O–H groups in total. The molecule has 98 valence electrons. The molecule has 0 fully saturated rings. The maximum atomic E-state index is 12.6. The molecule has 0 aliphatic carbocycles. The molecule has 1 atom stereocenters. The van der Waals surface area contributed by atoms with Gasteiger partial charge in [-0.25, -0.2) is 4.79 Å². The zero-order chi connectivity index (χ0) is 14.0. The maximum absolute atomic E-state index is 12.6. The lowest BCUT2D eigenvalue weighted by molar-refractivity contribution is -0.203. The fourth-order valence-corrected chi connectivity index (χ4v) is 1.04. The average molecular weight is 262 g/mol. The molecule has 1 amide bonds. The fraction of sp³-hybridized carbons (Fsp3) is 0.300. The summed E-state index contributed by atoms with van der Waals surface area (Å²) in [5.74, 6) is -3.35. The van der Waals surface area contributed by atoms with Crippen molar-refractivity contribution in [1.29, 1.82) is 0 Å². The Bertz CT molecular complexity index is 461. The summed E-state index contributed by atoms with van der Waals surface area (Å²) in [6.07, 6.45) is -2.75. The van der Waals surface area contributed by atoms with Gasteiger partial charge in [-0.2, -0.15) is 13.2 Å². The molecule has 8 heteroatoms. The molecule has 0 aliphatic rings. The van der Waals surface area contributed by atoms with Crippen LogP contribution >= 0.6 is 0 Å². The predicted octanol–water partition coefficient (Wildman–Crippen LogP) is 1.22. The zero-order valence-electron chi connectivity index (χ0n) is 9.15. The van der Waals surface area contributed by atoms with E-state index >= 15 is 0 Å². The number of hydrogen-bond donors (Lipinski definition) is 2. The normalized spacial score (nSPS) is 14.7. The Balaban J connectivity index is 3.01. The second-order valence-corrected chi connectivity index (χ2v) is 3.62. The van der Waals surface area contributed by atoms with Crippen LogP contribution in [0, 0.1) is 0 Å². The number of carbonyl (C=O) groups excluding carboxylic acids is 1. The lowest BCUT2D eigenvalue weighted by atomic mass is 10.0. The first-order chi connectivity index (χ1) is 8.18. The molecule has 1 aromatic rings. The number of aliphatic carboxylic acids is 1. The number of carbonyl (C=O) groups is 2. The van der Waals surface area contributed by atoms with Crippen molar-refractivity contribution < 1.29 is 27.9 Å². The number of aromatic nitrogens is 1. The summed E-state index contributed by atoms with van der Waals surface area (Å²) in [4.78, 5) is 25.7. The third kappa shape index (κ3) is 2.58. The summed E-state index contributed by atoms with van der Waals surface area (Å²) in [6, 6.07) is 2.57. The number of nitrogens with zero attached hydrogens (tertiary/aromatic N) is 1. The molecule has 1 unspecified atom stereocenters. The van der Waals surface area contributed by atoms with E-state index < -0.39 is 23.6 Å². The lowest BCUT2D eigenvalue weighted by Crippen LogP contribution is -2.61. The molecule has 1 heterocycles. The highest BCUT2D eigenvalue weighted by atomic mass is 19.4.